The molecule has 0 saturated heterocycles. The highest BCUT2D eigenvalue weighted by atomic mass is 32.2. The van der Waals surface area contributed by atoms with Gasteiger partial charge < -0.3 is 9.05 Å². The maximum atomic E-state index is 13.2. The number of hydrogen-bond acceptors (Lipinski definition) is 5. The maximum absolute atomic E-state index is 13.2. The largest absolute Gasteiger partial charge is 0.352 e. The van der Waals surface area contributed by atoms with E-state index in [1.165, 1.54) is 26.4 Å². The Balaban J connectivity index is 2.62. The first kappa shape index (κ1) is 21.8. The second-order valence-corrected chi connectivity index (χ2v) is 10.6. The van der Waals surface area contributed by atoms with Crippen molar-refractivity contribution in [2.45, 2.75) is 38.4 Å². The van der Waals surface area contributed by atoms with Gasteiger partial charge in [0.1, 0.15) is 5.78 Å². The Labute approximate surface area is 161 Å². The molecule has 6 nitrogen and oxygen atoms in total. The van der Waals surface area contributed by atoms with Crippen LogP contribution in [0.1, 0.15) is 33.6 Å². The first-order valence-electron chi connectivity index (χ1n) is 8.42. The summed E-state index contributed by atoms with van der Waals surface area (Å²) in [4.78, 5) is 0.0827. The van der Waals surface area contributed by atoms with Gasteiger partial charge >= 0.3 is 7.60 Å². The van der Waals surface area contributed by atoms with Gasteiger partial charge in [-0.25, -0.2) is 8.42 Å². The minimum atomic E-state index is -3.95. The van der Waals surface area contributed by atoms with Crippen molar-refractivity contribution in [1.29, 1.82) is 0 Å². The molecule has 0 aliphatic rings. The van der Waals surface area contributed by atoms with Gasteiger partial charge in [0.2, 0.25) is 10.0 Å². The Morgan fingerprint density at radius 3 is 1.81 bits per heavy atom. The van der Waals surface area contributed by atoms with E-state index in [0.29, 0.717) is 5.56 Å². The summed E-state index contributed by atoms with van der Waals surface area (Å²) < 4.78 is 52.0. The van der Waals surface area contributed by atoms with E-state index in [4.69, 9.17) is 9.05 Å². The van der Waals surface area contributed by atoms with E-state index >= 15 is 0 Å². The SMILES string of the molecule is COP(=O)(OC)C(NS(=O)(=O)c1ccc(C)cc1)c1c(C)cc(C)cc1C. The fourth-order valence-corrected chi connectivity index (χ4v) is 6.39. The molecule has 2 aromatic rings. The zero-order chi connectivity index (χ0) is 20.4. The lowest BCUT2D eigenvalue weighted by atomic mass is 10.00. The molecule has 0 amide bonds. The monoisotopic (exact) mass is 411 g/mol. The van der Waals surface area contributed by atoms with Crippen LogP contribution >= 0.6 is 7.60 Å². The van der Waals surface area contributed by atoms with Crippen LogP contribution in [-0.4, -0.2) is 22.6 Å². The molecule has 0 aliphatic heterocycles. The molecule has 2 rings (SSSR count). The summed E-state index contributed by atoms with van der Waals surface area (Å²) in [6, 6.07) is 10.2. The number of sulfonamides is 1. The lowest BCUT2D eigenvalue weighted by molar-refractivity contribution is 0.263. The molecule has 0 spiro atoms. The van der Waals surface area contributed by atoms with Gasteiger partial charge in [-0.2, -0.15) is 4.72 Å². The lowest BCUT2D eigenvalue weighted by Crippen LogP contribution is -2.30. The molecule has 0 radical (unpaired) electrons. The predicted molar refractivity (Wildman–Crippen MR) is 107 cm³/mol. The van der Waals surface area contributed by atoms with E-state index in [1.54, 1.807) is 12.1 Å². The van der Waals surface area contributed by atoms with Crippen molar-refractivity contribution in [1.82, 2.24) is 4.72 Å². The first-order chi connectivity index (χ1) is 12.5. The Bertz CT molecular complexity index is 939. The highest BCUT2D eigenvalue weighted by molar-refractivity contribution is 7.89. The second-order valence-electron chi connectivity index (χ2n) is 6.55. The number of rotatable bonds is 7. The van der Waals surface area contributed by atoms with Gasteiger partial charge in [0.25, 0.3) is 0 Å². The zero-order valence-corrected chi connectivity index (χ0v) is 18.1. The molecule has 1 unspecified atom stereocenters. The molecule has 148 valence electrons. The van der Waals surface area contributed by atoms with Gasteiger partial charge in [0.05, 0.1) is 4.90 Å². The Morgan fingerprint density at radius 2 is 1.37 bits per heavy atom. The van der Waals surface area contributed by atoms with Gasteiger partial charge in [-0.1, -0.05) is 35.4 Å². The Hall–Kier alpha value is -1.50. The molecule has 0 aliphatic carbocycles. The summed E-state index contributed by atoms with van der Waals surface area (Å²) in [5.41, 5.74) is 4.16. The summed E-state index contributed by atoms with van der Waals surface area (Å²) >= 11 is 0. The number of aryl methyl sites for hydroxylation is 4. The molecular formula is C19H26NO5PS. The van der Waals surface area contributed by atoms with E-state index < -0.39 is 23.4 Å². The van der Waals surface area contributed by atoms with E-state index in [9.17, 15) is 13.0 Å². The van der Waals surface area contributed by atoms with Crippen molar-refractivity contribution in [3.63, 3.8) is 0 Å². The summed E-state index contributed by atoms with van der Waals surface area (Å²) in [6.07, 6.45) is 0. The van der Waals surface area contributed by atoms with E-state index in [1.807, 2.05) is 39.8 Å². The van der Waals surface area contributed by atoms with Crippen LogP contribution in [-0.2, 0) is 23.6 Å². The minimum absolute atomic E-state index is 0.0827. The van der Waals surface area contributed by atoms with Crippen molar-refractivity contribution in [3.05, 3.63) is 64.2 Å². The predicted octanol–water partition coefficient (Wildman–Crippen LogP) is 4.38. The fraction of sp³-hybridized carbons (Fsp3) is 0.368. The molecule has 0 heterocycles. The normalized spacial score (nSPS) is 13.6. The smallest absolute Gasteiger partial charge is 0.311 e. The van der Waals surface area contributed by atoms with Gasteiger partial charge in [0, 0.05) is 14.2 Å². The van der Waals surface area contributed by atoms with Crippen molar-refractivity contribution in [2.75, 3.05) is 14.2 Å². The summed E-state index contributed by atoms with van der Waals surface area (Å²) in [5, 5.41) is 0. The van der Waals surface area contributed by atoms with Crippen LogP contribution in [0.25, 0.3) is 0 Å². The zero-order valence-electron chi connectivity index (χ0n) is 16.4. The van der Waals surface area contributed by atoms with Crippen molar-refractivity contribution >= 4 is 17.6 Å². The topological polar surface area (TPSA) is 81.7 Å². The third-order valence-electron chi connectivity index (χ3n) is 4.43. The van der Waals surface area contributed by atoms with Crippen LogP contribution in [0.15, 0.2) is 41.3 Å². The maximum Gasteiger partial charge on any atom is 0.352 e. The fourth-order valence-electron chi connectivity index (χ4n) is 3.12. The minimum Gasteiger partial charge on any atom is -0.311 e. The van der Waals surface area contributed by atoms with E-state index in [0.717, 1.165) is 22.3 Å². The third-order valence-corrected chi connectivity index (χ3v) is 8.09. The first-order valence-corrected chi connectivity index (χ1v) is 11.5. The molecule has 0 fully saturated rings. The molecule has 27 heavy (non-hydrogen) atoms. The van der Waals surface area contributed by atoms with E-state index in [2.05, 4.69) is 4.72 Å². The average Bonchev–Trinajstić information content (AvgIpc) is 2.59. The molecule has 1 N–H and O–H groups in total. The molecule has 1 atom stereocenters. The van der Waals surface area contributed by atoms with E-state index in [-0.39, 0.29) is 4.90 Å². The number of benzene rings is 2. The van der Waals surface area contributed by atoms with Crippen molar-refractivity contribution < 1.29 is 22.0 Å². The van der Waals surface area contributed by atoms with Crippen LogP contribution in [0.4, 0.5) is 0 Å². The molecule has 0 aromatic heterocycles. The number of nitrogens with one attached hydrogen (secondary N) is 1. The Morgan fingerprint density at radius 1 is 0.889 bits per heavy atom. The number of hydrogen-bond donors (Lipinski definition) is 1. The molecule has 8 heteroatoms. The van der Waals surface area contributed by atoms with Gasteiger partial charge in [-0.3, -0.25) is 4.57 Å². The Kier molecular flexibility index (Phi) is 6.66. The van der Waals surface area contributed by atoms with Crippen LogP contribution in [0.3, 0.4) is 0 Å². The van der Waals surface area contributed by atoms with Gasteiger partial charge in [0.15, 0.2) is 0 Å². The van der Waals surface area contributed by atoms with Crippen LogP contribution in [0.5, 0.6) is 0 Å². The second kappa shape index (κ2) is 8.25. The summed E-state index contributed by atoms with van der Waals surface area (Å²) in [5.74, 6) is -1.17. The quantitative estimate of drug-likeness (QED) is 0.684. The van der Waals surface area contributed by atoms with Crippen LogP contribution < -0.4 is 4.72 Å². The highest BCUT2D eigenvalue weighted by Crippen LogP contribution is 2.59. The van der Waals surface area contributed by atoms with Crippen LogP contribution in [0.2, 0.25) is 0 Å². The summed E-state index contributed by atoms with van der Waals surface area (Å²) in [7, 11) is -5.26. The molecule has 0 saturated carbocycles. The molecular weight excluding hydrogens is 385 g/mol. The average molecular weight is 411 g/mol. The molecule has 0 bridgehead atoms. The van der Waals surface area contributed by atoms with Crippen molar-refractivity contribution in [3.8, 4) is 0 Å². The highest BCUT2D eigenvalue weighted by Gasteiger charge is 2.40. The van der Waals surface area contributed by atoms with Gasteiger partial charge in [-0.05, 0) is 56.5 Å². The standard InChI is InChI=1S/C19H26NO5PS/c1-13-7-9-17(10-8-13)27(22,23)20-19(26(21,24-5)25-6)18-15(3)11-14(2)12-16(18)4/h7-12,19-20H,1-6H3. The van der Waals surface area contributed by atoms with Crippen molar-refractivity contribution in [2.24, 2.45) is 0 Å². The third kappa shape index (κ3) is 4.68. The van der Waals surface area contributed by atoms with Gasteiger partial charge in [-0.15, -0.1) is 0 Å². The molecule has 2 aromatic carbocycles. The van der Waals surface area contributed by atoms with Crippen LogP contribution in [0, 0.1) is 27.7 Å². The lowest BCUT2D eigenvalue weighted by Gasteiger charge is -2.28. The summed E-state index contributed by atoms with van der Waals surface area (Å²) in [6.45, 7) is 7.51.